The molecular weight excluding hydrogens is 292 g/mol. The minimum atomic E-state index is -4.80. The molecule has 0 radical (unpaired) electrons. The molecule has 0 fully saturated rings. The lowest BCUT2D eigenvalue weighted by Gasteiger charge is -2.05. The van der Waals surface area contributed by atoms with Crippen LogP contribution in [0.15, 0.2) is 39.5 Å². The summed E-state index contributed by atoms with van der Waals surface area (Å²) in [5, 5.41) is 0.362. The lowest BCUT2D eigenvalue weighted by atomic mass is 10.2. The monoisotopic (exact) mass is 298 g/mol. The van der Waals surface area contributed by atoms with Crippen molar-refractivity contribution in [3.8, 4) is 11.5 Å². The fourth-order valence-corrected chi connectivity index (χ4v) is 1.87. The Labute approximate surface area is 114 Å². The first-order valence-corrected chi connectivity index (χ1v) is 5.71. The lowest BCUT2D eigenvalue weighted by molar-refractivity contribution is -0.145. The maximum absolute atomic E-state index is 13.5. The summed E-state index contributed by atoms with van der Waals surface area (Å²) >= 11 is 0. The number of halogens is 4. The van der Waals surface area contributed by atoms with Gasteiger partial charge in [0.25, 0.3) is 5.56 Å². The zero-order valence-electron chi connectivity index (χ0n) is 10.2. The summed E-state index contributed by atoms with van der Waals surface area (Å²) in [5.74, 6) is -2.21. The second kappa shape index (κ2) is 4.44. The van der Waals surface area contributed by atoms with Crippen molar-refractivity contribution in [2.75, 3.05) is 0 Å². The lowest BCUT2D eigenvalue weighted by Crippen LogP contribution is -2.18. The number of aromatic nitrogens is 2. The Kier molecular flexibility index (Phi) is 2.82. The predicted molar refractivity (Wildman–Crippen MR) is 65.0 cm³/mol. The van der Waals surface area contributed by atoms with Crippen LogP contribution in [-0.2, 0) is 6.18 Å². The van der Waals surface area contributed by atoms with Crippen LogP contribution in [0.3, 0.4) is 0 Å². The zero-order valence-corrected chi connectivity index (χ0v) is 10.2. The second-order valence-electron chi connectivity index (χ2n) is 4.25. The highest BCUT2D eigenvalue weighted by Crippen LogP contribution is 2.30. The number of aromatic amines is 1. The summed E-state index contributed by atoms with van der Waals surface area (Å²) in [5.41, 5.74) is -1.40. The number of alkyl halides is 3. The maximum Gasteiger partial charge on any atom is 0.449 e. The quantitative estimate of drug-likeness (QED) is 0.701. The molecule has 0 aliphatic rings. The van der Waals surface area contributed by atoms with Crippen LogP contribution in [0.2, 0.25) is 0 Å². The molecule has 3 aromatic rings. The van der Waals surface area contributed by atoms with Gasteiger partial charge in [-0.25, -0.2) is 9.37 Å². The van der Waals surface area contributed by atoms with Crippen LogP contribution >= 0.6 is 0 Å². The minimum Gasteiger partial charge on any atom is -0.451 e. The van der Waals surface area contributed by atoms with Crippen LogP contribution < -0.4 is 5.56 Å². The first-order chi connectivity index (χ1) is 9.84. The van der Waals surface area contributed by atoms with Crippen molar-refractivity contribution in [3.63, 3.8) is 0 Å². The topological polar surface area (TPSA) is 58.9 Å². The highest BCUT2D eigenvalue weighted by Gasteiger charge is 2.34. The number of benzene rings is 1. The molecule has 0 bridgehead atoms. The standard InChI is InChI=1S/C13H6F4N2O2/c14-7-3-1-2-6-4-9(21-11(6)7)8-5-10(20)19-12(18-8)13(15,16)17/h1-5H,(H,18,19,20). The number of nitrogens with zero attached hydrogens (tertiary/aromatic N) is 1. The number of nitrogens with one attached hydrogen (secondary N) is 1. The van der Waals surface area contributed by atoms with Gasteiger partial charge in [-0.2, -0.15) is 13.2 Å². The van der Waals surface area contributed by atoms with Gasteiger partial charge in [0, 0.05) is 11.5 Å². The summed E-state index contributed by atoms with van der Waals surface area (Å²) in [7, 11) is 0. The van der Waals surface area contributed by atoms with E-state index in [0.717, 1.165) is 12.1 Å². The molecule has 0 unspecified atom stereocenters. The molecule has 0 amide bonds. The van der Waals surface area contributed by atoms with Gasteiger partial charge in [0.05, 0.1) is 0 Å². The van der Waals surface area contributed by atoms with E-state index in [4.69, 9.17) is 4.42 Å². The van der Waals surface area contributed by atoms with E-state index < -0.39 is 23.4 Å². The molecule has 3 rings (SSSR count). The molecule has 1 aromatic carbocycles. The Morgan fingerprint density at radius 2 is 1.95 bits per heavy atom. The molecular formula is C13H6F4N2O2. The molecule has 0 atom stereocenters. The van der Waals surface area contributed by atoms with E-state index >= 15 is 0 Å². The van der Waals surface area contributed by atoms with E-state index in [-0.39, 0.29) is 17.0 Å². The van der Waals surface area contributed by atoms with E-state index in [1.165, 1.54) is 18.2 Å². The number of furan rings is 1. The molecule has 0 aliphatic heterocycles. The van der Waals surface area contributed by atoms with E-state index in [9.17, 15) is 22.4 Å². The first kappa shape index (κ1) is 13.3. The van der Waals surface area contributed by atoms with Gasteiger partial charge in [0.15, 0.2) is 17.2 Å². The molecule has 2 heterocycles. The summed E-state index contributed by atoms with van der Waals surface area (Å²) in [6.07, 6.45) is -4.80. The smallest absolute Gasteiger partial charge is 0.449 e. The van der Waals surface area contributed by atoms with E-state index in [1.807, 2.05) is 0 Å². The van der Waals surface area contributed by atoms with Crippen molar-refractivity contribution < 1.29 is 22.0 Å². The molecule has 8 heteroatoms. The van der Waals surface area contributed by atoms with E-state index in [1.54, 1.807) is 4.98 Å². The Morgan fingerprint density at radius 1 is 1.19 bits per heavy atom. The zero-order chi connectivity index (χ0) is 15.2. The largest absolute Gasteiger partial charge is 0.451 e. The normalized spacial score (nSPS) is 12.0. The highest BCUT2D eigenvalue weighted by atomic mass is 19.4. The Balaban J connectivity index is 2.21. The van der Waals surface area contributed by atoms with E-state index in [2.05, 4.69) is 4.98 Å². The average Bonchev–Trinajstić information content (AvgIpc) is 2.82. The average molecular weight is 298 g/mol. The summed E-state index contributed by atoms with van der Waals surface area (Å²) in [4.78, 5) is 16.2. The summed E-state index contributed by atoms with van der Waals surface area (Å²) < 4.78 is 56.5. The van der Waals surface area contributed by atoms with Gasteiger partial charge in [-0.1, -0.05) is 12.1 Å². The number of fused-ring (bicyclic) bond motifs is 1. The Hall–Kier alpha value is -2.64. The number of rotatable bonds is 1. The maximum atomic E-state index is 13.5. The number of para-hydroxylation sites is 1. The molecule has 4 nitrogen and oxygen atoms in total. The fraction of sp³-hybridized carbons (Fsp3) is 0.0769. The number of H-pyrrole nitrogens is 1. The Morgan fingerprint density at radius 3 is 2.62 bits per heavy atom. The van der Waals surface area contributed by atoms with Crippen molar-refractivity contribution in [2.24, 2.45) is 0 Å². The van der Waals surface area contributed by atoms with Crippen LogP contribution in [0, 0.1) is 5.82 Å². The van der Waals surface area contributed by atoms with Crippen LogP contribution in [0.5, 0.6) is 0 Å². The fourth-order valence-electron chi connectivity index (χ4n) is 1.87. The summed E-state index contributed by atoms with van der Waals surface area (Å²) in [6.45, 7) is 0. The van der Waals surface area contributed by atoms with Crippen molar-refractivity contribution in [1.29, 1.82) is 0 Å². The number of hydrogen-bond donors (Lipinski definition) is 1. The Bertz CT molecular complexity index is 880. The van der Waals surface area contributed by atoms with Gasteiger partial charge in [0.2, 0.25) is 5.82 Å². The SMILES string of the molecule is O=c1cc(-c2cc3cccc(F)c3o2)nc(C(F)(F)F)[nH]1. The highest BCUT2D eigenvalue weighted by molar-refractivity contribution is 5.82. The predicted octanol–water partition coefficient (Wildman–Crippen LogP) is 3.34. The molecule has 0 saturated carbocycles. The molecule has 2 aromatic heterocycles. The molecule has 108 valence electrons. The van der Waals surface area contributed by atoms with Crippen LogP contribution in [-0.4, -0.2) is 9.97 Å². The van der Waals surface area contributed by atoms with Gasteiger partial charge in [-0.05, 0) is 12.1 Å². The third-order valence-electron chi connectivity index (χ3n) is 2.76. The third-order valence-corrected chi connectivity index (χ3v) is 2.76. The number of hydrogen-bond acceptors (Lipinski definition) is 3. The molecule has 0 saturated heterocycles. The van der Waals surface area contributed by atoms with Crippen LogP contribution in [0.4, 0.5) is 17.6 Å². The van der Waals surface area contributed by atoms with Gasteiger partial charge in [-0.15, -0.1) is 0 Å². The molecule has 0 aliphatic carbocycles. The minimum absolute atomic E-state index is 0.108. The third kappa shape index (κ3) is 2.39. The van der Waals surface area contributed by atoms with Gasteiger partial charge in [0.1, 0.15) is 5.69 Å². The molecule has 21 heavy (non-hydrogen) atoms. The van der Waals surface area contributed by atoms with Crippen LogP contribution in [0.1, 0.15) is 5.82 Å². The van der Waals surface area contributed by atoms with Gasteiger partial charge in [-0.3, -0.25) is 4.79 Å². The van der Waals surface area contributed by atoms with Crippen molar-refractivity contribution in [1.82, 2.24) is 9.97 Å². The van der Waals surface area contributed by atoms with E-state index in [0.29, 0.717) is 5.39 Å². The van der Waals surface area contributed by atoms with Crippen LogP contribution in [0.25, 0.3) is 22.4 Å². The van der Waals surface area contributed by atoms with Crippen molar-refractivity contribution in [3.05, 3.63) is 52.3 Å². The molecule has 1 N–H and O–H groups in total. The van der Waals surface area contributed by atoms with Gasteiger partial charge < -0.3 is 9.40 Å². The second-order valence-corrected chi connectivity index (χ2v) is 4.25. The molecule has 0 spiro atoms. The van der Waals surface area contributed by atoms with Gasteiger partial charge >= 0.3 is 6.18 Å². The van der Waals surface area contributed by atoms with Crippen molar-refractivity contribution >= 4 is 11.0 Å². The first-order valence-electron chi connectivity index (χ1n) is 5.71. The van der Waals surface area contributed by atoms with Crippen molar-refractivity contribution in [2.45, 2.75) is 6.18 Å². The summed E-state index contributed by atoms with van der Waals surface area (Å²) in [6, 6.07) is 6.29.